The Balaban J connectivity index is 3.57. The monoisotopic (exact) mass is 190 g/mol. The molecule has 0 unspecified atom stereocenters. The fourth-order valence-corrected chi connectivity index (χ4v) is 1.47. The first-order valence-corrected chi connectivity index (χ1v) is 5.62. The van der Waals surface area contributed by atoms with Crippen LogP contribution in [0.15, 0.2) is 0 Å². The molecule has 0 aromatic rings. The summed E-state index contributed by atoms with van der Waals surface area (Å²) in [5.74, 6) is -0.445. The second-order valence-electron chi connectivity index (χ2n) is 2.52. The van der Waals surface area contributed by atoms with Crippen molar-refractivity contribution in [1.29, 1.82) is 5.26 Å². The molecular weight excluding hydrogens is 176 g/mol. The van der Waals surface area contributed by atoms with Gasteiger partial charge in [0.05, 0.1) is 6.07 Å². The Labute approximate surface area is 73.6 Å². The minimum atomic E-state index is -3.32. The topological polar surface area (TPSA) is 70.0 Å². The highest BCUT2D eigenvalue weighted by atomic mass is 32.2. The second-order valence-corrected chi connectivity index (χ2v) is 4.33. The molecule has 0 saturated heterocycles. The van der Waals surface area contributed by atoms with Crippen LogP contribution in [0, 0.1) is 11.3 Å². The van der Waals surface area contributed by atoms with Crippen LogP contribution in [0.1, 0.15) is 26.2 Å². The summed E-state index contributed by atoms with van der Waals surface area (Å²) in [5.41, 5.74) is 0. The van der Waals surface area contributed by atoms with Gasteiger partial charge in [0.15, 0.2) is 5.75 Å². The van der Waals surface area contributed by atoms with Crippen molar-refractivity contribution < 1.29 is 8.42 Å². The number of sulfonamides is 1. The minimum absolute atomic E-state index is 0.442. The van der Waals surface area contributed by atoms with Crippen molar-refractivity contribution in [1.82, 2.24) is 4.72 Å². The molecule has 0 bridgehead atoms. The molecule has 0 amide bonds. The van der Waals surface area contributed by atoms with E-state index in [1.165, 1.54) is 0 Å². The van der Waals surface area contributed by atoms with E-state index in [-0.39, 0.29) is 0 Å². The quantitative estimate of drug-likeness (QED) is 0.624. The maximum absolute atomic E-state index is 10.9. The van der Waals surface area contributed by atoms with Crippen LogP contribution >= 0.6 is 0 Å². The predicted molar refractivity (Wildman–Crippen MR) is 46.9 cm³/mol. The van der Waals surface area contributed by atoms with Crippen molar-refractivity contribution in [3.8, 4) is 6.07 Å². The molecule has 0 aromatic carbocycles. The van der Waals surface area contributed by atoms with Gasteiger partial charge in [-0.25, -0.2) is 13.1 Å². The zero-order valence-corrected chi connectivity index (χ0v) is 8.02. The van der Waals surface area contributed by atoms with E-state index in [1.807, 2.05) is 6.92 Å². The van der Waals surface area contributed by atoms with Crippen LogP contribution in [0.3, 0.4) is 0 Å². The van der Waals surface area contributed by atoms with Crippen LogP contribution in [0.4, 0.5) is 0 Å². The Morgan fingerprint density at radius 2 is 2.08 bits per heavy atom. The van der Waals surface area contributed by atoms with Gasteiger partial charge in [0, 0.05) is 6.54 Å². The van der Waals surface area contributed by atoms with Gasteiger partial charge < -0.3 is 0 Å². The molecule has 0 aliphatic heterocycles. The molecular formula is C7H14N2O2S. The third-order valence-corrected chi connectivity index (χ3v) is 2.51. The molecule has 0 rings (SSSR count). The van der Waals surface area contributed by atoms with E-state index in [0.717, 1.165) is 19.3 Å². The van der Waals surface area contributed by atoms with Gasteiger partial charge in [0.1, 0.15) is 0 Å². The fourth-order valence-electron chi connectivity index (χ4n) is 0.739. The van der Waals surface area contributed by atoms with Crippen LogP contribution in [-0.2, 0) is 10.0 Å². The summed E-state index contributed by atoms with van der Waals surface area (Å²) >= 11 is 0. The van der Waals surface area contributed by atoms with Gasteiger partial charge in [0.25, 0.3) is 0 Å². The van der Waals surface area contributed by atoms with Crippen molar-refractivity contribution in [3.05, 3.63) is 0 Å². The Morgan fingerprint density at radius 3 is 2.58 bits per heavy atom. The Morgan fingerprint density at radius 1 is 1.42 bits per heavy atom. The van der Waals surface area contributed by atoms with E-state index in [2.05, 4.69) is 4.72 Å². The second kappa shape index (κ2) is 5.98. The Bertz CT molecular complexity index is 241. The molecule has 4 nitrogen and oxygen atoms in total. The summed E-state index contributed by atoms with van der Waals surface area (Å²) in [6, 6.07) is 1.60. The molecule has 0 aliphatic rings. The zero-order valence-electron chi connectivity index (χ0n) is 7.21. The molecule has 0 saturated carbocycles. The largest absolute Gasteiger partial charge is 0.225 e. The Kier molecular flexibility index (Phi) is 5.68. The summed E-state index contributed by atoms with van der Waals surface area (Å²) in [6.07, 6.45) is 2.90. The standard InChI is InChI=1S/C7H14N2O2S/c1-2-3-4-6-9-12(10,11)7-5-8/h9H,2-4,6-7H2,1H3. The van der Waals surface area contributed by atoms with Gasteiger partial charge in [-0.3, -0.25) is 0 Å². The lowest BCUT2D eigenvalue weighted by Gasteiger charge is -2.01. The first-order valence-electron chi connectivity index (χ1n) is 3.96. The molecule has 0 aromatic heterocycles. The van der Waals surface area contributed by atoms with Gasteiger partial charge in [-0.05, 0) is 6.42 Å². The van der Waals surface area contributed by atoms with Crippen LogP contribution < -0.4 is 4.72 Å². The summed E-state index contributed by atoms with van der Waals surface area (Å²) in [4.78, 5) is 0. The number of nitriles is 1. The smallest absolute Gasteiger partial charge is 0.214 e. The maximum atomic E-state index is 10.9. The lowest BCUT2D eigenvalue weighted by atomic mass is 10.3. The molecule has 70 valence electrons. The highest BCUT2D eigenvalue weighted by Crippen LogP contribution is 1.92. The van der Waals surface area contributed by atoms with E-state index in [1.54, 1.807) is 6.07 Å². The third-order valence-electron chi connectivity index (χ3n) is 1.36. The van der Waals surface area contributed by atoms with E-state index < -0.39 is 15.8 Å². The minimum Gasteiger partial charge on any atom is -0.214 e. The van der Waals surface area contributed by atoms with E-state index in [0.29, 0.717) is 6.54 Å². The number of nitrogens with one attached hydrogen (secondary N) is 1. The molecule has 0 aliphatic carbocycles. The predicted octanol–water partition coefficient (Wildman–Crippen LogP) is 0.620. The van der Waals surface area contributed by atoms with Gasteiger partial charge in [-0.2, -0.15) is 5.26 Å². The van der Waals surface area contributed by atoms with Crippen molar-refractivity contribution >= 4 is 10.0 Å². The first-order chi connectivity index (χ1) is 5.62. The number of hydrogen-bond acceptors (Lipinski definition) is 3. The molecule has 0 fully saturated rings. The molecule has 1 N–H and O–H groups in total. The zero-order chi connectivity index (χ0) is 9.45. The molecule has 12 heavy (non-hydrogen) atoms. The van der Waals surface area contributed by atoms with Crippen molar-refractivity contribution in [2.75, 3.05) is 12.3 Å². The number of hydrogen-bond donors (Lipinski definition) is 1. The normalized spacial score (nSPS) is 11.0. The summed E-state index contributed by atoms with van der Waals surface area (Å²) in [6.45, 7) is 2.49. The van der Waals surface area contributed by atoms with Crippen LogP contribution in [0.25, 0.3) is 0 Å². The van der Waals surface area contributed by atoms with Crippen LogP contribution in [0.5, 0.6) is 0 Å². The number of rotatable bonds is 6. The lowest BCUT2D eigenvalue weighted by Crippen LogP contribution is -2.26. The molecule has 5 heteroatoms. The van der Waals surface area contributed by atoms with Gasteiger partial charge in [-0.1, -0.05) is 19.8 Å². The van der Waals surface area contributed by atoms with E-state index in [9.17, 15) is 8.42 Å². The summed E-state index contributed by atoms with van der Waals surface area (Å²) in [5, 5.41) is 8.14. The summed E-state index contributed by atoms with van der Waals surface area (Å²) < 4.78 is 24.1. The number of nitrogens with zero attached hydrogens (tertiary/aromatic N) is 1. The average Bonchev–Trinajstić information content (AvgIpc) is 1.98. The van der Waals surface area contributed by atoms with Gasteiger partial charge in [0.2, 0.25) is 10.0 Å². The van der Waals surface area contributed by atoms with Crippen LogP contribution in [-0.4, -0.2) is 20.7 Å². The van der Waals surface area contributed by atoms with Crippen molar-refractivity contribution in [2.45, 2.75) is 26.2 Å². The highest BCUT2D eigenvalue weighted by Gasteiger charge is 2.06. The molecule has 0 heterocycles. The van der Waals surface area contributed by atoms with E-state index >= 15 is 0 Å². The molecule has 0 atom stereocenters. The highest BCUT2D eigenvalue weighted by molar-refractivity contribution is 7.89. The summed E-state index contributed by atoms with van der Waals surface area (Å²) in [7, 11) is -3.32. The third kappa shape index (κ3) is 6.13. The number of unbranched alkanes of at least 4 members (excludes halogenated alkanes) is 2. The van der Waals surface area contributed by atoms with Crippen molar-refractivity contribution in [2.24, 2.45) is 0 Å². The maximum Gasteiger partial charge on any atom is 0.225 e. The average molecular weight is 190 g/mol. The molecule has 0 spiro atoms. The van der Waals surface area contributed by atoms with Gasteiger partial charge >= 0.3 is 0 Å². The van der Waals surface area contributed by atoms with E-state index in [4.69, 9.17) is 5.26 Å². The van der Waals surface area contributed by atoms with Gasteiger partial charge in [-0.15, -0.1) is 0 Å². The Hall–Kier alpha value is -0.600. The SMILES string of the molecule is CCCCCNS(=O)(=O)CC#N. The molecule has 0 radical (unpaired) electrons. The first kappa shape index (κ1) is 11.4. The lowest BCUT2D eigenvalue weighted by molar-refractivity contribution is 0.579. The van der Waals surface area contributed by atoms with Crippen LogP contribution in [0.2, 0.25) is 0 Å². The van der Waals surface area contributed by atoms with Crippen molar-refractivity contribution in [3.63, 3.8) is 0 Å². The fraction of sp³-hybridized carbons (Fsp3) is 0.857.